The van der Waals surface area contributed by atoms with E-state index in [1.165, 1.54) is 0 Å². The van der Waals surface area contributed by atoms with E-state index in [2.05, 4.69) is 10.5 Å². The van der Waals surface area contributed by atoms with Crippen LogP contribution in [-0.2, 0) is 0 Å². The average molecular weight is 245 g/mol. The van der Waals surface area contributed by atoms with Gasteiger partial charge in [-0.3, -0.25) is 10.3 Å². The topological polar surface area (TPSA) is 27.6 Å². The smallest absolute Gasteiger partial charge is 0.289 e. The molecule has 0 aromatic rings. The Labute approximate surface area is 89.3 Å². The van der Waals surface area contributed by atoms with Crippen molar-refractivity contribution in [2.45, 2.75) is 32.5 Å². The SMILES string of the molecule is CC(C)CC1=NNCN1C(F)(F)C(F)(F)F. The number of halogens is 5. The monoisotopic (exact) mass is 245 g/mol. The molecule has 0 aliphatic carbocycles. The fourth-order valence-corrected chi connectivity index (χ4v) is 1.28. The highest BCUT2D eigenvalue weighted by molar-refractivity contribution is 5.83. The molecule has 0 saturated carbocycles. The third kappa shape index (κ3) is 2.35. The van der Waals surface area contributed by atoms with Gasteiger partial charge in [0.05, 0.1) is 0 Å². The lowest BCUT2D eigenvalue weighted by molar-refractivity contribution is -0.326. The van der Waals surface area contributed by atoms with Gasteiger partial charge in [0.15, 0.2) is 0 Å². The van der Waals surface area contributed by atoms with E-state index in [-0.39, 0.29) is 23.1 Å². The van der Waals surface area contributed by atoms with Gasteiger partial charge in [-0.2, -0.15) is 27.1 Å². The first-order chi connectivity index (χ1) is 7.16. The van der Waals surface area contributed by atoms with Gasteiger partial charge >= 0.3 is 12.2 Å². The van der Waals surface area contributed by atoms with Gasteiger partial charge in [-0.25, -0.2) is 0 Å². The zero-order chi connectivity index (χ0) is 12.6. The Morgan fingerprint density at radius 1 is 1.31 bits per heavy atom. The van der Waals surface area contributed by atoms with Gasteiger partial charge in [0.25, 0.3) is 0 Å². The van der Waals surface area contributed by atoms with E-state index < -0.39 is 18.9 Å². The molecule has 0 spiro atoms. The number of nitrogens with zero attached hydrogens (tertiary/aromatic N) is 2. The standard InChI is InChI=1S/C8H12F5N3/c1-5(2)3-6-15-14-4-16(6)8(12,13)7(9,10)11/h5,14H,3-4H2,1-2H3. The summed E-state index contributed by atoms with van der Waals surface area (Å²) >= 11 is 0. The van der Waals surface area contributed by atoms with E-state index in [9.17, 15) is 22.0 Å². The van der Waals surface area contributed by atoms with Crippen molar-refractivity contribution < 1.29 is 22.0 Å². The van der Waals surface area contributed by atoms with Gasteiger partial charge in [0, 0.05) is 6.42 Å². The molecule has 0 bridgehead atoms. The quantitative estimate of drug-likeness (QED) is 0.610. The van der Waals surface area contributed by atoms with E-state index in [0.29, 0.717) is 0 Å². The third-order valence-corrected chi connectivity index (χ3v) is 2.02. The minimum Gasteiger partial charge on any atom is -0.289 e. The first kappa shape index (κ1) is 13.0. The van der Waals surface area contributed by atoms with Gasteiger partial charge in [-0.1, -0.05) is 13.8 Å². The molecule has 1 heterocycles. The van der Waals surface area contributed by atoms with Gasteiger partial charge < -0.3 is 0 Å². The molecule has 0 aromatic heterocycles. The first-order valence-corrected chi connectivity index (χ1v) is 4.68. The number of nitrogens with one attached hydrogen (secondary N) is 1. The Hall–Kier alpha value is -1.08. The van der Waals surface area contributed by atoms with Crippen LogP contribution in [-0.4, -0.2) is 29.6 Å². The van der Waals surface area contributed by atoms with Crippen molar-refractivity contribution in [1.29, 1.82) is 0 Å². The van der Waals surface area contributed by atoms with E-state index >= 15 is 0 Å². The van der Waals surface area contributed by atoms with Crippen LogP contribution in [0.15, 0.2) is 5.10 Å². The lowest BCUT2D eigenvalue weighted by Crippen LogP contribution is -2.54. The number of hydrogen-bond acceptors (Lipinski definition) is 3. The van der Waals surface area contributed by atoms with Crippen molar-refractivity contribution in [3.05, 3.63) is 0 Å². The fraction of sp³-hybridized carbons (Fsp3) is 0.875. The lowest BCUT2D eigenvalue weighted by Gasteiger charge is -2.30. The van der Waals surface area contributed by atoms with Crippen molar-refractivity contribution in [2.24, 2.45) is 11.0 Å². The summed E-state index contributed by atoms with van der Waals surface area (Å²) in [5.74, 6) is -0.317. The molecule has 0 fully saturated rings. The summed E-state index contributed by atoms with van der Waals surface area (Å²) in [5.41, 5.74) is 2.14. The minimum absolute atomic E-state index is 0.0486. The Bertz CT molecular complexity index is 284. The van der Waals surface area contributed by atoms with Crippen LogP contribution in [0.5, 0.6) is 0 Å². The summed E-state index contributed by atoms with van der Waals surface area (Å²) in [6.45, 7) is 2.80. The molecule has 1 rings (SSSR count). The number of amidine groups is 1. The summed E-state index contributed by atoms with van der Waals surface area (Å²) in [7, 11) is 0. The summed E-state index contributed by atoms with van der Waals surface area (Å²) in [6.07, 6.45) is -5.53. The molecule has 8 heteroatoms. The Kier molecular flexibility index (Phi) is 3.30. The number of rotatable bonds is 3. The van der Waals surface area contributed by atoms with Gasteiger partial charge in [-0.15, -0.1) is 0 Å². The van der Waals surface area contributed by atoms with E-state index in [4.69, 9.17) is 0 Å². The summed E-state index contributed by atoms with van der Waals surface area (Å²) in [4.78, 5) is -0.0486. The first-order valence-electron chi connectivity index (χ1n) is 4.68. The molecule has 1 aliphatic rings. The van der Waals surface area contributed by atoms with Crippen molar-refractivity contribution in [3.63, 3.8) is 0 Å². The highest BCUT2D eigenvalue weighted by atomic mass is 19.4. The van der Waals surface area contributed by atoms with Crippen LogP contribution >= 0.6 is 0 Å². The Balaban J connectivity index is 2.85. The second kappa shape index (κ2) is 4.06. The summed E-state index contributed by atoms with van der Waals surface area (Å²) in [5, 5.41) is 3.45. The van der Waals surface area contributed by atoms with Crippen molar-refractivity contribution >= 4 is 5.84 Å². The maximum absolute atomic E-state index is 13.0. The molecule has 16 heavy (non-hydrogen) atoms. The van der Waals surface area contributed by atoms with Crippen LogP contribution in [0.2, 0.25) is 0 Å². The second-order valence-electron chi connectivity index (χ2n) is 3.91. The van der Waals surface area contributed by atoms with Crippen LogP contribution in [0.25, 0.3) is 0 Å². The van der Waals surface area contributed by atoms with Crippen molar-refractivity contribution in [1.82, 2.24) is 10.3 Å². The van der Waals surface area contributed by atoms with Crippen LogP contribution in [0.4, 0.5) is 22.0 Å². The van der Waals surface area contributed by atoms with Gasteiger partial charge in [-0.05, 0) is 5.92 Å². The maximum atomic E-state index is 13.0. The molecule has 0 aromatic carbocycles. The average Bonchev–Trinajstić information content (AvgIpc) is 2.49. The van der Waals surface area contributed by atoms with Crippen LogP contribution in [0.1, 0.15) is 20.3 Å². The van der Waals surface area contributed by atoms with E-state index in [0.717, 1.165) is 0 Å². The molecule has 0 atom stereocenters. The van der Waals surface area contributed by atoms with E-state index in [1.807, 2.05) is 0 Å². The number of hydrazone groups is 1. The zero-order valence-corrected chi connectivity index (χ0v) is 8.78. The molecule has 1 aliphatic heterocycles. The predicted molar refractivity (Wildman–Crippen MR) is 47.7 cm³/mol. The molecule has 0 saturated heterocycles. The molecule has 0 unspecified atom stereocenters. The normalized spacial score (nSPS) is 17.8. The number of alkyl halides is 5. The predicted octanol–water partition coefficient (Wildman–Crippen LogP) is 2.36. The molecule has 0 amide bonds. The molecule has 1 N–H and O–H groups in total. The maximum Gasteiger partial charge on any atom is 0.475 e. The third-order valence-electron chi connectivity index (χ3n) is 2.02. The zero-order valence-electron chi connectivity index (χ0n) is 8.78. The molecule has 94 valence electrons. The van der Waals surface area contributed by atoms with Crippen LogP contribution < -0.4 is 5.43 Å². The Morgan fingerprint density at radius 2 is 1.88 bits per heavy atom. The van der Waals surface area contributed by atoms with Crippen LogP contribution in [0.3, 0.4) is 0 Å². The molecule has 3 nitrogen and oxygen atoms in total. The second-order valence-corrected chi connectivity index (χ2v) is 3.91. The minimum atomic E-state index is -5.60. The Morgan fingerprint density at radius 3 is 2.31 bits per heavy atom. The highest BCUT2D eigenvalue weighted by Gasteiger charge is 2.63. The van der Waals surface area contributed by atoms with Crippen molar-refractivity contribution in [3.8, 4) is 0 Å². The van der Waals surface area contributed by atoms with E-state index in [1.54, 1.807) is 13.8 Å². The summed E-state index contributed by atoms with van der Waals surface area (Å²) in [6, 6.07) is -4.88. The highest BCUT2D eigenvalue weighted by Crippen LogP contribution is 2.39. The molecular formula is C8H12F5N3. The summed E-state index contributed by atoms with van der Waals surface area (Å²) < 4.78 is 62.4. The van der Waals surface area contributed by atoms with Gasteiger partial charge in [0.2, 0.25) is 0 Å². The van der Waals surface area contributed by atoms with Crippen LogP contribution in [0, 0.1) is 5.92 Å². The fourth-order valence-electron chi connectivity index (χ4n) is 1.28. The van der Waals surface area contributed by atoms with Gasteiger partial charge in [0.1, 0.15) is 12.5 Å². The number of hydrogen-bond donors (Lipinski definition) is 1. The van der Waals surface area contributed by atoms with Crippen molar-refractivity contribution in [2.75, 3.05) is 6.67 Å². The molecular weight excluding hydrogens is 233 g/mol. The lowest BCUT2D eigenvalue weighted by atomic mass is 10.1. The molecule has 0 radical (unpaired) electrons. The largest absolute Gasteiger partial charge is 0.475 e.